The van der Waals surface area contributed by atoms with Crippen LogP contribution in [0.2, 0.25) is 0 Å². The van der Waals surface area contributed by atoms with Crippen molar-refractivity contribution in [3.63, 3.8) is 0 Å². The van der Waals surface area contributed by atoms with Crippen LogP contribution in [0.5, 0.6) is 6.01 Å². The molecule has 0 aliphatic rings. The van der Waals surface area contributed by atoms with Gasteiger partial charge in [-0.3, -0.25) is 0 Å². The number of nitrogens with zero attached hydrogens (tertiary/aromatic N) is 3. The number of nitrogens with two attached hydrogens (primary N) is 1. The van der Waals surface area contributed by atoms with Crippen molar-refractivity contribution in [1.29, 1.82) is 0 Å². The minimum absolute atomic E-state index is 0.0667. The molecular formula is C12H12F3N5O. The average Bonchev–Trinajstić information content (AvgIpc) is 2.38. The lowest BCUT2D eigenvalue weighted by molar-refractivity contribution is 0.222. The number of nitrogens with one attached hydrogen (secondary N) is 1. The molecule has 0 atom stereocenters. The van der Waals surface area contributed by atoms with E-state index >= 15 is 0 Å². The van der Waals surface area contributed by atoms with Crippen molar-refractivity contribution >= 4 is 17.6 Å². The number of hydrogen-bond donors (Lipinski definition) is 2. The average molecular weight is 299 g/mol. The van der Waals surface area contributed by atoms with Gasteiger partial charge in [0.25, 0.3) is 0 Å². The van der Waals surface area contributed by atoms with Crippen LogP contribution in [0, 0.1) is 17.5 Å². The van der Waals surface area contributed by atoms with Gasteiger partial charge < -0.3 is 15.8 Å². The molecule has 0 bridgehead atoms. The first kappa shape index (κ1) is 14.8. The molecule has 0 saturated heterocycles. The monoisotopic (exact) mass is 299 g/mol. The van der Waals surface area contributed by atoms with Crippen LogP contribution in [0.4, 0.5) is 30.8 Å². The minimum atomic E-state index is -1.60. The van der Waals surface area contributed by atoms with Crippen molar-refractivity contribution in [3.05, 3.63) is 29.6 Å². The molecule has 0 spiro atoms. The van der Waals surface area contributed by atoms with Crippen molar-refractivity contribution in [2.45, 2.75) is 20.0 Å². The zero-order chi connectivity index (χ0) is 15.6. The van der Waals surface area contributed by atoms with Gasteiger partial charge in [-0.2, -0.15) is 15.0 Å². The fraction of sp³-hybridized carbons (Fsp3) is 0.250. The van der Waals surface area contributed by atoms with Gasteiger partial charge in [0.05, 0.1) is 11.8 Å². The molecule has 3 N–H and O–H groups in total. The Hall–Kier alpha value is -2.58. The van der Waals surface area contributed by atoms with Crippen LogP contribution >= 0.6 is 0 Å². The van der Waals surface area contributed by atoms with Crippen LogP contribution in [0.25, 0.3) is 0 Å². The van der Waals surface area contributed by atoms with E-state index in [1.807, 2.05) is 0 Å². The van der Waals surface area contributed by atoms with Crippen molar-refractivity contribution in [1.82, 2.24) is 15.0 Å². The largest absolute Gasteiger partial charge is 0.461 e. The molecule has 2 aromatic rings. The van der Waals surface area contributed by atoms with Gasteiger partial charge in [0.1, 0.15) is 0 Å². The Bertz CT molecular complexity index is 666. The fourth-order valence-electron chi connectivity index (χ4n) is 1.43. The summed E-state index contributed by atoms with van der Waals surface area (Å²) in [5, 5.41) is 2.39. The van der Waals surface area contributed by atoms with Crippen molar-refractivity contribution in [2.24, 2.45) is 0 Å². The number of halogens is 3. The second-order valence-corrected chi connectivity index (χ2v) is 4.31. The van der Waals surface area contributed by atoms with Crippen molar-refractivity contribution < 1.29 is 17.9 Å². The quantitative estimate of drug-likeness (QED) is 0.843. The molecule has 0 saturated carbocycles. The number of nitrogen functional groups attached to an aromatic ring is 1. The van der Waals surface area contributed by atoms with Crippen LogP contribution in [0.3, 0.4) is 0 Å². The molecule has 112 valence electrons. The number of hydrogen-bond acceptors (Lipinski definition) is 6. The zero-order valence-electron chi connectivity index (χ0n) is 11.2. The first-order valence-corrected chi connectivity index (χ1v) is 5.95. The summed E-state index contributed by atoms with van der Waals surface area (Å²) in [7, 11) is 0. The van der Waals surface area contributed by atoms with Crippen LogP contribution in [0.1, 0.15) is 13.8 Å². The highest BCUT2D eigenvalue weighted by Gasteiger charge is 2.15. The van der Waals surface area contributed by atoms with Crippen LogP contribution in [-0.2, 0) is 0 Å². The van der Waals surface area contributed by atoms with E-state index in [-0.39, 0.29) is 29.7 Å². The van der Waals surface area contributed by atoms with Gasteiger partial charge in [0, 0.05) is 0 Å². The van der Waals surface area contributed by atoms with Gasteiger partial charge in [0.2, 0.25) is 11.9 Å². The summed E-state index contributed by atoms with van der Waals surface area (Å²) in [6.07, 6.45) is -0.209. The summed E-state index contributed by atoms with van der Waals surface area (Å²) in [6, 6.07) is 1.72. The van der Waals surface area contributed by atoms with Gasteiger partial charge in [-0.05, 0) is 26.0 Å². The molecule has 1 heterocycles. The smallest absolute Gasteiger partial charge is 0.323 e. The molecule has 0 unspecified atom stereocenters. The van der Waals surface area contributed by atoms with E-state index in [0.717, 1.165) is 12.1 Å². The first-order valence-electron chi connectivity index (χ1n) is 5.95. The van der Waals surface area contributed by atoms with Crippen LogP contribution in [0.15, 0.2) is 12.1 Å². The van der Waals surface area contributed by atoms with E-state index in [1.165, 1.54) is 0 Å². The highest BCUT2D eigenvalue weighted by molar-refractivity contribution is 5.55. The SMILES string of the molecule is CC(C)Oc1nc(N)nc(Nc2ccc(F)c(F)c2F)n1. The summed E-state index contributed by atoms with van der Waals surface area (Å²) in [5.41, 5.74) is 5.13. The predicted octanol–water partition coefficient (Wildman–Crippen LogP) is 2.40. The standard InChI is InChI=1S/C12H12F3N5O/c1-5(2)21-12-19-10(16)18-11(20-12)17-7-4-3-6(13)8(14)9(7)15/h3-5H,1-2H3,(H3,16,17,18,19,20). The van der Waals surface area contributed by atoms with E-state index < -0.39 is 17.5 Å². The summed E-state index contributed by atoms with van der Waals surface area (Å²) >= 11 is 0. The molecule has 1 aromatic carbocycles. The summed E-state index contributed by atoms with van der Waals surface area (Å²) in [6.45, 7) is 3.50. The Morgan fingerprint density at radius 1 is 1.10 bits per heavy atom. The number of rotatable bonds is 4. The van der Waals surface area contributed by atoms with E-state index in [0.29, 0.717) is 0 Å². The van der Waals surface area contributed by atoms with Crippen molar-refractivity contribution in [3.8, 4) is 6.01 Å². The third-order valence-electron chi connectivity index (χ3n) is 2.25. The molecule has 0 aliphatic heterocycles. The third kappa shape index (κ3) is 3.50. The Labute approximate surface area is 118 Å². The minimum Gasteiger partial charge on any atom is -0.461 e. The molecule has 0 amide bonds. The highest BCUT2D eigenvalue weighted by atomic mass is 19.2. The maximum atomic E-state index is 13.5. The Kier molecular flexibility index (Phi) is 4.10. The molecule has 21 heavy (non-hydrogen) atoms. The molecule has 0 radical (unpaired) electrons. The summed E-state index contributed by atoms with van der Waals surface area (Å²) in [4.78, 5) is 11.3. The van der Waals surface area contributed by atoms with E-state index in [4.69, 9.17) is 10.5 Å². The highest BCUT2D eigenvalue weighted by Crippen LogP contribution is 2.23. The molecule has 0 aliphatic carbocycles. The number of aromatic nitrogens is 3. The Balaban J connectivity index is 2.31. The fourth-order valence-corrected chi connectivity index (χ4v) is 1.43. The predicted molar refractivity (Wildman–Crippen MR) is 69.6 cm³/mol. The third-order valence-corrected chi connectivity index (χ3v) is 2.25. The molecular weight excluding hydrogens is 287 g/mol. The van der Waals surface area contributed by atoms with Crippen LogP contribution in [-0.4, -0.2) is 21.1 Å². The Morgan fingerprint density at radius 2 is 1.81 bits per heavy atom. The Morgan fingerprint density at radius 3 is 2.48 bits per heavy atom. The van der Waals surface area contributed by atoms with Crippen LogP contribution < -0.4 is 15.8 Å². The van der Waals surface area contributed by atoms with E-state index in [9.17, 15) is 13.2 Å². The maximum Gasteiger partial charge on any atom is 0.323 e. The summed E-state index contributed by atoms with van der Waals surface area (Å²) in [5.74, 6) is -4.59. The number of ether oxygens (including phenoxy) is 1. The van der Waals surface area contributed by atoms with Gasteiger partial charge in [-0.15, -0.1) is 0 Å². The van der Waals surface area contributed by atoms with Gasteiger partial charge in [-0.1, -0.05) is 0 Å². The second kappa shape index (κ2) is 5.81. The second-order valence-electron chi connectivity index (χ2n) is 4.31. The lowest BCUT2D eigenvalue weighted by Gasteiger charge is -2.10. The topological polar surface area (TPSA) is 86.0 Å². The normalized spacial score (nSPS) is 10.8. The van der Waals surface area contributed by atoms with Gasteiger partial charge in [0.15, 0.2) is 17.5 Å². The summed E-state index contributed by atoms with van der Waals surface area (Å²) < 4.78 is 44.8. The van der Waals surface area contributed by atoms with Gasteiger partial charge >= 0.3 is 6.01 Å². The molecule has 2 rings (SSSR count). The van der Waals surface area contributed by atoms with Gasteiger partial charge in [-0.25, -0.2) is 13.2 Å². The zero-order valence-corrected chi connectivity index (χ0v) is 11.2. The van der Waals surface area contributed by atoms with Crippen molar-refractivity contribution in [2.75, 3.05) is 11.1 Å². The molecule has 9 heteroatoms. The molecule has 0 fully saturated rings. The van der Waals surface area contributed by atoms with E-state index in [1.54, 1.807) is 13.8 Å². The first-order chi connectivity index (χ1) is 9.86. The lowest BCUT2D eigenvalue weighted by atomic mass is 10.3. The van der Waals surface area contributed by atoms with E-state index in [2.05, 4.69) is 20.3 Å². The lowest BCUT2D eigenvalue weighted by Crippen LogP contribution is -2.12. The maximum absolute atomic E-state index is 13.5. The number of benzene rings is 1. The molecule has 6 nitrogen and oxygen atoms in total. The number of anilines is 3. The molecule has 1 aromatic heterocycles.